The monoisotopic (exact) mass is 327 g/mol. The molecule has 0 bridgehead atoms. The maximum absolute atomic E-state index is 4.52. The predicted molar refractivity (Wildman–Crippen MR) is 80.1 cm³/mol. The summed E-state index contributed by atoms with van der Waals surface area (Å²) < 4.78 is 3.19. The van der Waals surface area contributed by atoms with Gasteiger partial charge in [-0.1, -0.05) is 6.92 Å². The van der Waals surface area contributed by atoms with Gasteiger partial charge in [-0.05, 0) is 46.9 Å². The zero-order valence-electron chi connectivity index (χ0n) is 10.9. The number of hydrogen-bond donors (Lipinski definition) is 1. The van der Waals surface area contributed by atoms with Gasteiger partial charge in [-0.25, -0.2) is 0 Å². The Morgan fingerprint density at radius 3 is 2.83 bits per heavy atom. The highest BCUT2D eigenvalue weighted by Crippen LogP contribution is 2.28. The van der Waals surface area contributed by atoms with Crippen LogP contribution in [-0.2, 0) is 19.9 Å². The fourth-order valence-corrected chi connectivity index (χ4v) is 3.61. The summed E-state index contributed by atoms with van der Waals surface area (Å²) in [7, 11) is 4.02. The van der Waals surface area contributed by atoms with Crippen LogP contribution in [0.25, 0.3) is 0 Å². The number of likely N-dealkylation sites (N-methyl/N-ethyl adjacent to an activating group) is 1. The van der Waals surface area contributed by atoms with E-state index in [1.54, 1.807) is 11.3 Å². The minimum absolute atomic E-state index is 0.303. The van der Waals surface area contributed by atoms with Crippen molar-refractivity contribution in [1.29, 1.82) is 0 Å². The Balaban J connectivity index is 2.22. The quantitative estimate of drug-likeness (QED) is 0.913. The molecule has 2 rings (SSSR count). The van der Waals surface area contributed by atoms with E-state index in [1.165, 1.54) is 15.0 Å². The van der Waals surface area contributed by atoms with E-state index < -0.39 is 0 Å². The lowest BCUT2D eigenvalue weighted by molar-refractivity contribution is 0.539. The Kier molecular flexibility index (Phi) is 4.59. The number of halogens is 1. The first kappa shape index (κ1) is 13.8. The van der Waals surface area contributed by atoms with Crippen LogP contribution in [0.5, 0.6) is 0 Å². The van der Waals surface area contributed by atoms with Crippen LogP contribution in [0.2, 0.25) is 0 Å². The Hall–Kier alpha value is -0.650. The highest BCUT2D eigenvalue weighted by Gasteiger charge is 2.17. The molecule has 2 aromatic heterocycles. The largest absolute Gasteiger partial charge is 0.311 e. The van der Waals surface area contributed by atoms with Crippen molar-refractivity contribution in [1.82, 2.24) is 15.1 Å². The van der Waals surface area contributed by atoms with Gasteiger partial charge in [-0.15, -0.1) is 11.3 Å². The van der Waals surface area contributed by atoms with Gasteiger partial charge in [0.2, 0.25) is 0 Å². The lowest BCUT2D eigenvalue weighted by Crippen LogP contribution is -2.21. The van der Waals surface area contributed by atoms with Crippen LogP contribution in [0, 0.1) is 0 Å². The summed E-state index contributed by atoms with van der Waals surface area (Å²) in [4.78, 5) is 1.37. The molecule has 0 saturated carbocycles. The second-order valence-electron chi connectivity index (χ2n) is 4.27. The van der Waals surface area contributed by atoms with Gasteiger partial charge in [0.1, 0.15) is 0 Å². The molecular weight excluding hydrogens is 310 g/mol. The second-order valence-corrected chi connectivity index (χ2v) is 6.13. The van der Waals surface area contributed by atoms with Gasteiger partial charge in [-0.3, -0.25) is 4.68 Å². The summed E-state index contributed by atoms with van der Waals surface area (Å²) in [5, 5.41) is 10.0. The lowest BCUT2D eigenvalue weighted by Gasteiger charge is -2.15. The van der Waals surface area contributed by atoms with E-state index >= 15 is 0 Å². The first-order valence-corrected chi connectivity index (χ1v) is 7.75. The molecule has 5 heteroatoms. The molecule has 1 atom stereocenters. The third kappa shape index (κ3) is 2.84. The molecule has 0 amide bonds. The molecule has 0 aliphatic rings. The van der Waals surface area contributed by atoms with Crippen molar-refractivity contribution < 1.29 is 0 Å². The number of aryl methyl sites for hydroxylation is 2. The molecule has 0 radical (unpaired) electrons. The van der Waals surface area contributed by atoms with E-state index in [4.69, 9.17) is 0 Å². The first-order valence-electron chi connectivity index (χ1n) is 6.07. The van der Waals surface area contributed by atoms with Crippen LogP contribution >= 0.6 is 27.3 Å². The average Bonchev–Trinajstić information content (AvgIpc) is 2.93. The lowest BCUT2D eigenvalue weighted by atomic mass is 10.1. The second kappa shape index (κ2) is 5.99. The Morgan fingerprint density at radius 1 is 1.56 bits per heavy atom. The summed E-state index contributed by atoms with van der Waals surface area (Å²) in [5.74, 6) is 0. The molecule has 0 aliphatic carbocycles. The van der Waals surface area contributed by atoms with Crippen LogP contribution in [-0.4, -0.2) is 16.8 Å². The van der Waals surface area contributed by atoms with Gasteiger partial charge in [-0.2, -0.15) is 5.10 Å². The van der Waals surface area contributed by atoms with Crippen LogP contribution in [0.3, 0.4) is 0 Å². The number of thiophene rings is 1. The molecule has 0 saturated heterocycles. The molecule has 2 heterocycles. The van der Waals surface area contributed by atoms with Gasteiger partial charge in [0, 0.05) is 22.8 Å². The normalized spacial score (nSPS) is 12.9. The number of hydrogen-bond acceptors (Lipinski definition) is 3. The molecule has 98 valence electrons. The van der Waals surface area contributed by atoms with E-state index in [0.717, 1.165) is 18.5 Å². The fraction of sp³-hybridized carbons (Fsp3) is 0.462. The molecule has 0 aromatic carbocycles. The van der Waals surface area contributed by atoms with Crippen molar-refractivity contribution in [2.24, 2.45) is 7.05 Å². The van der Waals surface area contributed by atoms with Crippen molar-refractivity contribution >= 4 is 27.3 Å². The summed E-state index contributed by atoms with van der Waals surface area (Å²) >= 11 is 5.38. The predicted octanol–water partition coefficient (Wildman–Crippen LogP) is 3.31. The Morgan fingerprint density at radius 2 is 2.33 bits per heavy atom. The van der Waals surface area contributed by atoms with Crippen molar-refractivity contribution in [2.75, 3.05) is 7.05 Å². The maximum atomic E-state index is 4.52. The van der Waals surface area contributed by atoms with E-state index in [0.29, 0.717) is 6.04 Å². The van der Waals surface area contributed by atoms with E-state index in [1.807, 2.05) is 18.8 Å². The van der Waals surface area contributed by atoms with Crippen LogP contribution < -0.4 is 5.32 Å². The number of aromatic nitrogens is 2. The topological polar surface area (TPSA) is 29.9 Å². The van der Waals surface area contributed by atoms with Crippen LogP contribution in [0.15, 0.2) is 22.0 Å². The zero-order valence-corrected chi connectivity index (χ0v) is 13.3. The third-order valence-corrected chi connectivity index (χ3v) is 5.06. The smallest absolute Gasteiger partial charge is 0.0625 e. The number of nitrogens with zero attached hydrogens (tertiary/aromatic N) is 2. The molecular formula is C13H18BrN3S. The summed E-state index contributed by atoms with van der Waals surface area (Å²) in [6.45, 7) is 2.14. The summed E-state index contributed by atoms with van der Waals surface area (Å²) in [6, 6.07) is 4.61. The summed E-state index contributed by atoms with van der Waals surface area (Å²) in [5.41, 5.74) is 2.40. The van der Waals surface area contributed by atoms with Gasteiger partial charge >= 0.3 is 0 Å². The summed E-state index contributed by atoms with van der Waals surface area (Å²) in [6.07, 6.45) is 1.96. The minimum Gasteiger partial charge on any atom is -0.311 e. The Bertz CT molecular complexity index is 518. The van der Waals surface area contributed by atoms with Crippen LogP contribution in [0.1, 0.15) is 29.2 Å². The van der Waals surface area contributed by atoms with Gasteiger partial charge < -0.3 is 5.32 Å². The molecule has 0 aliphatic heterocycles. The maximum Gasteiger partial charge on any atom is 0.0625 e. The third-order valence-electron chi connectivity index (χ3n) is 3.11. The highest BCUT2D eigenvalue weighted by atomic mass is 79.9. The molecule has 0 fully saturated rings. The van der Waals surface area contributed by atoms with Crippen molar-refractivity contribution in [3.8, 4) is 0 Å². The standard InChI is InChI=1S/C13H18BrN3S/c1-4-9-7-12(17(3)16-9)11(15-2)8-13-10(14)5-6-18-13/h5-7,11,15H,4,8H2,1-3H3. The van der Waals surface area contributed by atoms with Gasteiger partial charge in [0.15, 0.2) is 0 Å². The SMILES string of the molecule is CCc1cc(C(Cc2sccc2Br)NC)n(C)n1. The fourth-order valence-electron chi connectivity index (χ4n) is 2.05. The number of rotatable bonds is 5. The molecule has 1 unspecified atom stereocenters. The number of nitrogens with one attached hydrogen (secondary N) is 1. The average molecular weight is 328 g/mol. The molecule has 2 aromatic rings. The van der Waals surface area contributed by atoms with E-state index in [-0.39, 0.29) is 0 Å². The zero-order chi connectivity index (χ0) is 13.1. The molecule has 0 spiro atoms. The van der Waals surface area contributed by atoms with Gasteiger partial charge in [0.25, 0.3) is 0 Å². The van der Waals surface area contributed by atoms with Gasteiger partial charge in [0.05, 0.1) is 17.4 Å². The van der Waals surface area contributed by atoms with Crippen molar-refractivity contribution in [3.63, 3.8) is 0 Å². The molecule has 3 nitrogen and oxygen atoms in total. The Labute approximate surface area is 120 Å². The van der Waals surface area contributed by atoms with Crippen molar-refractivity contribution in [3.05, 3.63) is 38.3 Å². The first-order chi connectivity index (χ1) is 8.65. The van der Waals surface area contributed by atoms with Crippen LogP contribution in [0.4, 0.5) is 0 Å². The van der Waals surface area contributed by atoms with E-state index in [2.05, 4.69) is 50.8 Å². The highest BCUT2D eigenvalue weighted by molar-refractivity contribution is 9.10. The minimum atomic E-state index is 0.303. The van der Waals surface area contributed by atoms with E-state index in [9.17, 15) is 0 Å². The van der Waals surface area contributed by atoms with Crippen molar-refractivity contribution in [2.45, 2.75) is 25.8 Å². The molecule has 18 heavy (non-hydrogen) atoms. The molecule has 1 N–H and O–H groups in total.